The van der Waals surface area contributed by atoms with Crippen LogP contribution in [-0.2, 0) is 4.74 Å². The van der Waals surface area contributed by atoms with E-state index in [9.17, 15) is 0 Å². The zero-order valence-corrected chi connectivity index (χ0v) is 18.0. The van der Waals surface area contributed by atoms with E-state index in [1.807, 2.05) is 30.0 Å². The van der Waals surface area contributed by atoms with Crippen molar-refractivity contribution >= 4 is 17.7 Å². The van der Waals surface area contributed by atoms with Gasteiger partial charge in [-0.05, 0) is 51.0 Å². The summed E-state index contributed by atoms with van der Waals surface area (Å²) in [6, 6.07) is 8.12. The Morgan fingerprint density at radius 2 is 2.00 bits per heavy atom. The number of nitrogens with zero attached hydrogens (tertiary/aromatic N) is 1. The number of hydrogen-bond acceptors (Lipinski definition) is 4. The van der Waals surface area contributed by atoms with Crippen molar-refractivity contribution in [3.05, 3.63) is 29.8 Å². The van der Waals surface area contributed by atoms with E-state index in [2.05, 4.69) is 44.4 Å². The maximum atomic E-state index is 6.06. The molecule has 152 valence electrons. The van der Waals surface area contributed by atoms with Crippen molar-refractivity contribution < 1.29 is 9.47 Å². The van der Waals surface area contributed by atoms with Crippen LogP contribution in [-0.4, -0.2) is 55.4 Å². The van der Waals surface area contributed by atoms with Crippen LogP contribution in [0.1, 0.15) is 39.2 Å². The molecular formula is C21H35N3O2S. The lowest BCUT2D eigenvalue weighted by atomic mass is 9.99. The Morgan fingerprint density at radius 3 is 2.67 bits per heavy atom. The lowest BCUT2D eigenvalue weighted by molar-refractivity contribution is 0.0793. The zero-order chi connectivity index (χ0) is 19.5. The highest BCUT2D eigenvalue weighted by Crippen LogP contribution is 2.35. The van der Waals surface area contributed by atoms with Crippen molar-refractivity contribution in [2.75, 3.05) is 38.6 Å². The van der Waals surface area contributed by atoms with Crippen LogP contribution >= 0.6 is 11.8 Å². The minimum absolute atomic E-state index is 0.0528. The summed E-state index contributed by atoms with van der Waals surface area (Å²) in [5, 5.41) is 6.79. The molecule has 1 aliphatic rings. The van der Waals surface area contributed by atoms with Gasteiger partial charge in [0.05, 0.1) is 13.1 Å². The number of thioether (sulfide) groups is 1. The highest BCUT2D eigenvalue weighted by Gasteiger charge is 2.32. The molecule has 2 rings (SSSR count). The minimum atomic E-state index is 0.0528. The van der Waals surface area contributed by atoms with Crippen molar-refractivity contribution in [3.8, 4) is 5.75 Å². The Hall–Kier alpha value is -1.40. The number of nitrogens with one attached hydrogen (secondary N) is 2. The van der Waals surface area contributed by atoms with Gasteiger partial charge >= 0.3 is 0 Å². The van der Waals surface area contributed by atoms with E-state index in [0.717, 1.165) is 62.2 Å². The molecule has 1 unspecified atom stereocenters. The molecule has 1 aliphatic heterocycles. The molecule has 0 spiro atoms. The molecule has 6 heteroatoms. The first-order chi connectivity index (χ1) is 13.1. The molecule has 0 bridgehead atoms. The third kappa shape index (κ3) is 7.26. The molecule has 1 aromatic rings. The summed E-state index contributed by atoms with van der Waals surface area (Å²) in [4.78, 5) is 4.89. The molecule has 1 saturated heterocycles. The first kappa shape index (κ1) is 21.9. The third-order valence-electron chi connectivity index (χ3n) is 4.70. The molecule has 0 radical (unpaired) electrons. The van der Waals surface area contributed by atoms with Crippen LogP contribution < -0.4 is 15.4 Å². The monoisotopic (exact) mass is 393 g/mol. The van der Waals surface area contributed by atoms with Gasteiger partial charge in [0.25, 0.3) is 0 Å². The Bertz CT molecular complexity index is 583. The summed E-state index contributed by atoms with van der Waals surface area (Å²) in [5.74, 6) is 2.91. The fraction of sp³-hybridized carbons (Fsp3) is 0.667. The molecule has 0 aliphatic carbocycles. The van der Waals surface area contributed by atoms with Crippen molar-refractivity contribution in [1.29, 1.82) is 0 Å². The van der Waals surface area contributed by atoms with Gasteiger partial charge in [0.1, 0.15) is 11.9 Å². The maximum absolute atomic E-state index is 6.06. The Labute approximate surface area is 168 Å². The molecule has 0 amide bonds. The number of guanidine groups is 1. The van der Waals surface area contributed by atoms with Gasteiger partial charge in [0.2, 0.25) is 0 Å². The number of hydrogen-bond donors (Lipinski definition) is 2. The number of aryl methyl sites for hydroxylation is 1. The smallest absolute Gasteiger partial charge is 0.191 e. The summed E-state index contributed by atoms with van der Waals surface area (Å²) < 4.78 is 11.8. The SMILES string of the molecule is CCNC(=NCC1(SCC)CCOCC1)NCC(C)Oc1ccccc1C. The standard InChI is InChI=1S/C21H35N3O2S/c1-5-22-20(24-16-21(27-6-2)11-13-25-14-12-21)23-15-18(4)26-19-10-8-7-9-17(19)3/h7-10,18H,5-6,11-16H2,1-4H3,(H2,22,23,24). The van der Waals surface area contributed by atoms with Crippen LogP contribution in [0, 0.1) is 6.92 Å². The number of benzene rings is 1. The predicted octanol–water partition coefficient (Wildman–Crippen LogP) is 3.62. The van der Waals surface area contributed by atoms with Crippen molar-refractivity contribution in [2.45, 2.75) is 51.4 Å². The fourth-order valence-corrected chi connectivity index (χ4v) is 4.37. The van der Waals surface area contributed by atoms with E-state index in [1.54, 1.807) is 0 Å². The molecular weight excluding hydrogens is 358 g/mol. The lowest BCUT2D eigenvalue weighted by Gasteiger charge is -2.35. The van der Waals surface area contributed by atoms with Gasteiger partial charge in [0.15, 0.2) is 5.96 Å². The van der Waals surface area contributed by atoms with Crippen LogP contribution in [0.25, 0.3) is 0 Å². The fourth-order valence-electron chi connectivity index (χ4n) is 3.15. The van der Waals surface area contributed by atoms with Gasteiger partial charge in [-0.15, -0.1) is 0 Å². The molecule has 0 saturated carbocycles. The molecule has 1 heterocycles. The van der Waals surface area contributed by atoms with Crippen LogP contribution in [0.15, 0.2) is 29.3 Å². The summed E-state index contributed by atoms with van der Waals surface area (Å²) >= 11 is 2.02. The normalized spacial score (nSPS) is 18.0. The average Bonchev–Trinajstić information content (AvgIpc) is 2.67. The second kappa shape index (κ2) is 11.4. The van der Waals surface area contributed by atoms with Crippen LogP contribution in [0.5, 0.6) is 5.75 Å². The quantitative estimate of drug-likeness (QED) is 0.496. The first-order valence-electron chi connectivity index (χ1n) is 10.0. The topological polar surface area (TPSA) is 54.9 Å². The van der Waals surface area contributed by atoms with E-state index < -0.39 is 0 Å². The average molecular weight is 394 g/mol. The molecule has 0 aromatic heterocycles. The Morgan fingerprint density at radius 1 is 1.26 bits per heavy atom. The second-order valence-electron chi connectivity index (χ2n) is 7.00. The number of para-hydroxylation sites is 1. The zero-order valence-electron chi connectivity index (χ0n) is 17.2. The van der Waals surface area contributed by atoms with Gasteiger partial charge in [-0.2, -0.15) is 11.8 Å². The summed E-state index contributed by atoms with van der Waals surface area (Å²) in [6.45, 7) is 12.5. The van der Waals surface area contributed by atoms with Gasteiger partial charge in [-0.1, -0.05) is 25.1 Å². The molecule has 5 nitrogen and oxygen atoms in total. The van der Waals surface area contributed by atoms with E-state index in [-0.39, 0.29) is 10.9 Å². The minimum Gasteiger partial charge on any atom is -0.489 e. The van der Waals surface area contributed by atoms with E-state index in [0.29, 0.717) is 6.54 Å². The van der Waals surface area contributed by atoms with E-state index in [4.69, 9.17) is 14.5 Å². The Kier molecular flexibility index (Phi) is 9.28. The highest BCUT2D eigenvalue weighted by atomic mass is 32.2. The van der Waals surface area contributed by atoms with Crippen LogP contribution in [0.4, 0.5) is 0 Å². The van der Waals surface area contributed by atoms with Crippen LogP contribution in [0.3, 0.4) is 0 Å². The third-order valence-corrected chi connectivity index (χ3v) is 6.14. The molecule has 27 heavy (non-hydrogen) atoms. The van der Waals surface area contributed by atoms with Gasteiger partial charge < -0.3 is 20.1 Å². The van der Waals surface area contributed by atoms with Gasteiger partial charge in [-0.25, -0.2) is 0 Å². The van der Waals surface area contributed by atoms with E-state index >= 15 is 0 Å². The largest absolute Gasteiger partial charge is 0.489 e. The van der Waals surface area contributed by atoms with E-state index in [1.165, 1.54) is 0 Å². The number of rotatable bonds is 9. The highest BCUT2D eigenvalue weighted by molar-refractivity contribution is 8.00. The van der Waals surface area contributed by atoms with Gasteiger partial charge in [-0.3, -0.25) is 4.99 Å². The Balaban J connectivity index is 1.91. The summed E-state index contributed by atoms with van der Waals surface area (Å²) in [5.41, 5.74) is 1.16. The molecule has 1 aromatic carbocycles. The summed E-state index contributed by atoms with van der Waals surface area (Å²) in [6.07, 6.45) is 2.19. The van der Waals surface area contributed by atoms with Crippen molar-refractivity contribution in [2.24, 2.45) is 4.99 Å². The van der Waals surface area contributed by atoms with Gasteiger partial charge in [0, 0.05) is 24.5 Å². The first-order valence-corrected chi connectivity index (χ1v) is 11.0. The van der Waals surface area contributed by atoms with Crippen molar-refractivity contribution in [1.82, 2.24) is 10.6 Å². The molecule has 1 atom stereocenters. The predicted molar refractivity (Wildman–Crippen MR) is 116 cm³/mol. The molecule has 2 N–H and O–H groups in total. The summed E-state index contributed by atoms with van der Waals surface area (Å²) in [7, 11) is 0. The van der Waals surface area contributed by atoms with Crippen LogP contribution in [0.2, 0.25) is 0 Å². The van der Waals surface area contributed by atoms with Crippen molar-refractivity contribution in [3.63, 3.8) is 0 Å². The second-order valence-corrected chi connectivity index (χ2v) is 8.73. The number of ether oxygens (including phenoxy) is 2. The lowest BCUT2D eigenvalue weighted by Crippen LogP contribution is -2.43. The number of aliphatic imine (C=N–C) groups is 1. The molecule has 1 fully saturated rings. The maximum Gasteiger partial charge on any atom is 0.191 e.